The first-order valence-electron chi connectivity index (χ1n) is 20.2. The van der Waals surface area contributed by atoms with E-state index in [9.17, 15) is 43.5 Å². The van der Waals surface area contributed by atoms with Gasteiger partial charge in [0.25, 0.3) is 0 Å². The first kappa shape index (κ1) is 48.2. The molecule has 10 N–H and O–H groups in total. The van der Waals surface area contributed by atoms with E-state index < -0.39 is 83.9 Å². The van der Waals surface area contributed by atoms with Gasteiger partial charge >= 0.3 is 24.1 Å². The van der Waals surface area contributed by atoms with Crippen molar-refractivity contribution >= 4 is 64.3 Å². The Bertz CT molecular complexity index is 2260. The summed E-state index contributed by atoms with van der Waals surface area (Å²) in [7, 11) is 1.24. The first-order chi connectivity index (χ1) is 29.9. The van der Waals surface area contributed by atoms with Gasteiger partial charge in [-0.3, -0.25) is 24.0 Å². The first-order valence-corrected chi connectivity index (χ1v) is 20.2. The van der Waals surface area contributed by atoms with Gasteiger partial charge in [-0.05, 0) is 75.4 Å². The number of methoxy groups -OCH3 is 1. The summed E-state index contributed by atoms with van der Waals surface area (Å²) in [5.74, 6) is -5.67. The molecule has 0 fully saturated rings. The number of primary amides is 1. The van der Waals surface area contributed by atoms with Gasteiger partial charge in [0.05, 0.1) is 19.1 Å². The van der Waals surface area contributed by atoms with Gasteiger partial charge < -0.3 is 57.2 Å². The smallest absolute Gasteiger partial charge is 0.408 e. The van der Waals surface area contributed by atoms with E-state index in [1.54, 1.807) is 69.4 Å². The highest BCUT2D eigenvalue weighted by molar-refractivity contribution is 5.97. The molecule has 4 rings (SSSR count). The molecule has 3 aromatic carbocycles. The Balaban J connectivity index is 1.53. The second-order valence-corrected chi connectivity index (χ2v) is 15.6. The number of aromatic amines is 1. The van der Waals surface area contributed by atoms with Crippen molar-refractivity contribution in [1.82, 2.24) is 31.6 Å². The Morgan fingerprint density at radius 1 is 0.746 bits per heavy atom. The third-order valence-electron chi connectivity index (χ3n) is 9.44. The number of H-pyrrole nitrogens is 1. The van der Waals surface area contributed by atoms with Gasteiger partial charge in [-0.2, -0.15) is 0 Å². The molecular formula is C44H54N8O11. The number of aliphatic carboxylic acids is 1. The average Bonchev–Trinajstić information content (AvgIpc) is 3.64. The number of carboxylic acid groups (broad SMARTS) is 1. The number of alkyl carbamates (subject to hydrolysis) is 1. The van der Waals surface area contributed by atoms with E-state index in [1.807, 2.05) is 24.3 Å². The molecule has 0 aliphatic heterocycles. The van der Waals surface area contributed by atoms with E-state index in [1.165, 1.54) is 19.2 Å². The Hall–Kier alpha value is -7.44. The highest BCUT2D eigenvalue weighted by atomic mass is 16.6. The van der Waals surface area contributed by atoms with Crippen LogP contribution < -0.4 is 37.6 Å². The number of para-hydroxylation sites is 1. The number of carboxylic acids is 1. The number of amides is 7. The number of ether oxygens (including phenoxy) is 2. The fourth-order valence-electron chi connectivity index (χ4n) is 6.41. The number of esters is 1. The molecule has 0 aliphatic carbocycles. The summed E-state index contributed by atoms with van der Waals surface area (Å²) in [5.41, 5.74) is 7.33. The standard InChI is InChI=1S/C44H54N8O11/c1-44(2,3)63-43(61)52-34(23-28-25-47-31-18-9-8-17-30(28)31)39(57)49-32(19-10-11-20-46-42(60)48-29-16-12-15-27(22-29)41(59)62-4)38(56)51-35(24-36(53)54)40(58)50-33(37(45)55)21-26-13-6-5-7-14-26/h5-9,12-18,22,25,32-35,47H,10-11,19-21,23-24H2,1-4H3,(H2,45,55)(H,49,57)(H,50,58)(H,51,56)(H,52,61)(H,53,54)(H2,46,48,60)/t32-,33-,34-,35-/m0/s1. The molecule has 4 atom stereocenters. The molecule has 0 radical (unpaired) electrons. The molecule has 19 nitrogen and oxygen atoms in total. The quantitative estimate of drug-likeness (QED) is 0.0433. The molecule has 0 unspecified atom stereocenters. The zero-order chi connectivity index (χ0) is 46.1. The maximum Gasteiger partial charge on any atom is 0.408 e. The maximum absolute atomic E-state index is 14.2. The van der Waals surface area contributed by atoms with Gasteiger partial charge in [-0.25, -0.2) is 14.4 Å². The van der Waals surface area contributed by atoms with Gasteiger partial charge in [0.1, 0.15) is 29.8 Å². The molecule has 0 saturated heterocycles. The molecule has 0 bridgehead atoms. The minimum Gasteiger partial charge on any atom is -0.481 e. The van der Waals surface area contributed by atoms with Crippen LogP contribution in [-0.4, -0.2) is 101 Å². The number of hydrogen-bond acceptors (Lipinski definition) is 10. The number of nitrogens with one attached hydrogen (secondary N) is 7. The topological polar surface area (TPSA) is 289 Å². The van der Waals surface area contributed by atoms with E-state index in [2.05, 4.69) is 36.9 Å². The van der Waals surface area contributed by atoms with Crippen LogP contribution in [0.5, 0.6) is 0 Å². The van der Waals surface area contributed by atoms with Crippen molar-refractivity contribution < 1.29 is 52.9 Å². The van der Waals surface area contributed by atoms with Gasteiger partial charge in [0, 0.05) is 42.2 Å². The summed E-state index contributed by atoms with van der Waals surface area (Å²) in [6.45, 7) is 5.06. The molecule has 1 heterocycles. The molecule has 0 saturated carbocycles. The number of urea groups is 1. The molecule has 336 valence electrons. The summed E-state index contributed by atoms with van der Waals surface area (Å²) < 4.78 is 10.2. The Labute approximate surface area is 363 Å². The molecular weight excluding hydrogens is 817 g/mol. The van der Waals surface area contributed by atoms with Crippen LogP contribution in [0.25, 0.3) is 10.9 Å². The van der Waals surface area contributed by atoms with Crippen LogP contribution in [0, 0.1) is 0 Å². The third kappa shape index (κ3) is 15.8. The lowest BCUT2D eigenvalue weighted by atomic mass is 10.0. The van der Waals surface area contributed by atoms with E-state index >= 15 is 0 Å². The van der Waals surface area contributed by atoms with E-state index in [0.717, 1.165) is 10.9 Å². The summed E-state index contributed by atoms with van der Waals surface area (Å²) in [5, 5.41) is 25.9. The van der Waals surface area contributed by atoms with E-state index in [4.69, 9.17) is 15.2 Å². The van der Waals surface area contributed by atoms with Crippen molar-refractivity contribution in [2.24, 2.45) is 5.73 Å². The summed E-state index contributed by atoms with van der Waals surface area (Å²) >= 11 is 0. The van der Waals surface area contributed by atoms with Crippen LogP contribution in [0.3, 0.4) is 0 Å². The average molecular weight is 871 g/mol. The lowest BCUT2D eigenvalue weighted by molar-refractivity contribution is -0.141. The number of benzene rings is 3. The Morgan fingerprint density at radius 3 is 2.08 bits per heavy atom. The molecule has 19 heteroatoms. The fraction of sp³-hybridized carbons (Fsp3) is 0.364. The van der Waals surface area contributed by atoms with Crippen molar-refractivity contribution in [3.05, 3.63) is 102 Å². The second-order valence-electron chi connectivity index (χ2n) is 15.6. The normalized spacial score (nSPS) is 13.0. The Kier molecular flexibility index (Phi) is 17.6. The summed E-state index contributed by atoms with van der Waals surface area (Å²) in [4.78, 5) is 107. The number of nitrogens with two attached hydrogens (primary N) is 1. The summed E-state index contributed by atoms with van der Waals surface area (Å²) in [6, 6.07) is 15.8. The van der Waals surface area contributed by atoms with Crippen LogP contribution >= 0.6 is 0 Å². The lowest BCUT2D eigenvalue weighted by Crippen LogP contribution is -2.59. The van der Waals surface area contributed by atoms with Crippen molar-refractivity contribution in [2.75, 3.05) is 19.0 Å². The number of aromatic nitrogens is 1. The molecule has 0 aliphatic rings. The highest BCUT2D eigenvalue weighted by Gasteiger charge is 2.33. The van der Waals surface area contributed by atoms with Crippen LogP contribution in [0.15, 0.2) is 85.1 Å². The minimum absolute atomic E-state index is 0.0112. The molecule has 63 heavy (non-hydrogen) atoms. The monoisotopic (exact) mass is 870 g/mol. The van der Waals surface area contributed by atoms with Crippen LogP contribution in [0.1, 0.15) is 67.9 Å². The van der Waals surface area contributed by atoms with Gasteiger partial charge in [-0.1, -0.05) is 54.6 Å². The second kappa shape index (κ2) is 23.0. The predicted molar refractivity (Wildman–Crippen MR) is 231 cm³/mol. The van der Waals surface area contributed by atoms with Crippen molar-refractivity contribution in [3.8, 4) is 0 Å². The number of anilines is 1. The maximum atomic E-state index is 14.2. The molecule has 7 amide bonds. The summed E-state index contributed by atoms with van der Waals surface area (Å²) in [6.07, 6.45) is 0.267. The van der Waals surface area contributed by atoms with Crippen molar-refractivity contribution in [3.63, 3.8) is 0 Å². The van der Waals surface area contributed by atoms with Crippen LogP contribution in [0.2, 0.25) is 0 Å². The lowest BCUT2D eigenvalue weighted by Gasteiger charge is -2.27. The van der Waals surface area contributed by atoms with Crippen LogP contribution in [-0.2, 0) is 46.3 Å². The predicted octanol–water partition coefficient (Wildman–Crippen LogP) is 3.04. The number of carbonyl (C=O) groups excluding carboxylic acids is 7. The number of fused-ring (bicyclic) bond motifs is 1. The largest absolute Gasteiger partial charge is 0.481 e. The third-order valence-corrected chi connectivity index (χ3v) is 9.44. The number of unbranched alkanes of at least 4 members (excludes halogenated alkanes) is 1. The Morgan fingerprint density at radius 2 is 1.40 bits per heavy atom. The zero-order valence-electron chi connectivity index (χ0n) is 35.4. The van der Waals surface area contributed by atoms with Gasteiger partial charge in [0.2, 0.25) is 23.6 Å². The minimum atomic E-state index is -1.71. The number of hydrogen-bond donors (Lipinski definition) is 9. The van der Waals surface area contributed by atoms with Gasteiger partial charge in [-0.15, -0.1) is 0 Å². The molecule has 0 spiro atoms. The fourth-order valence-corrected chi connectivity index (χ4v) is 6.41. The van der Waals surface area contributed by atoms with Crippen LogP contribution in [0.4, 0.5) is 15.3 Å². The van der Waals surface area contributed by atoms with E-state index in [-0.39, 0.29) is 44.2 Å². The zero-order valence-corrected chi connectivity index (χ0v) is 35.4. The number of rotatable bonds is 21. The van der Waals surface area contributed by atoms with Crippen molar-refractivity contribution in [2.45, 2.75) is 89.1 Å². The molecule has 1 aromatic heterocycles. The highest BCUT2D eigenvalue weighted by Crippen LogP contribution is 2.20. The molecule has 4 aromatic rings. The van der Waals surface area contributed by atoms with Crippen molar-refractivity contribution in [1.29, 1.82) is 0 Å². The number of carbonyl (C=O) groups is 8. The van der Waals surface area contributed by atoms with Gasteiger partial charge in [0.15, 0.2) is 0 Å². The SMILES string of the molecule is COC(=O)c1cccc(NC(=O)NCCCC[C@H](NC(=O)[C@H](Cc2c[nH]c3ccccc23)NC(=O)OC(C)(C)C)C(=O)N[C@@H](CC(=O)O)C(=O)N[C@@H](Cc2ccccc2)C(N)=O)c1. The van der Waals surface area contributed by atoms with E-state index in [0.29, 0.717) is 16.8 Å².